The van der Waals surface area contributed by atoms with Crippen LogP contribution in [0.25, 0.3) is 0 Å². The van der Waals surface area contributed by atoms with Crippen LogP contribution in [-0.2, 0) is 9.53 Å². The minimum absolute atomic E-state index is 0.0995. The first-order chi connectivity index (χ1) is 13.5. The Hall–Kier alpha value is -2.77. The summed E-state index contributed by atoms with van der Waals surface area (Å²) in [5.41, 5.74) is 1.84. The Labute approximate surface area is 162 Å². The van der Waals surface area contributed by atoms with E-state index in [0.29, 0.717) is 18.6 Å². The average Bonchev–Trinajstić information content (AvgIpc) is 3.08. The summed E-state index contributed by atoms with van der Waals surface area (Å²) in [6, 6.07) is 13.5. The van der Waals surface area contributed by atoms with Gasteiger partial charge in [-0.2, -0.15) is 0 Å². The van der Waals surface area contributed by atoms with E-state index in [1.54, 1.807) is 23.1 Å². The van der Waals surface area contributed by atoms with Crippen molar-refractivity contribution >= 4 is 11.6 Å². The predicted octanol–water partition coefficient (Wildman–Crippen LogP) is 3.13. The number of nitro benzene ring substituents is 1. The second kappa shape index (κ2) is 7.33. The van der Waals surface area contributed by atoms with Crippen LogP contribution in [0, 0.1) is 10.1 Å². The van der Waals surface area contributed by atoms with E-state index >= 15 is 0 Å². The molecule has 2 heterocycles. The highest BCUT2D eigenvalue weighted by Gasteiger charge is 2.48. The number of ether oxygens (including phenoxy) is 1. The predicted molar refractivity (Wildman–Crippen MR) is 102 cm³/mol. The SMILES string of the molecule is CCC[C@H]1OC[C@H]2c3ccccc3[C@H](c3ccccc3[N+](=O)[O-])[C@@H](O)C(=O)N12. The van der Waals surface area contributed by atoms with E-state index in [0.717, 1.165) is 17.5 Å². The van der Waals surface area contributed by atoms with Gasteiger partial charge in [-0.3, -0.25) is 14.9 Å². The smallest absolute Gasteiger partial charge is 0.273 e. The van der Waals surface area contributed by atoms with Crippen molar-refractivity contribution in [1.82, 2.24) is 4.90 Å². The molecule has 0 aromatic heterocycles. The molecule has 28 heavy (non-hydrogen) atoms. The van der Waals surface area contributed by atoms with Gasteiger partial charge in [-0.25, -0.2) is 0 Å². The first-order valence-electron chi connectivity index (χ1n) is 9.48. The van der Waals surface area contributed by atoms with Gasteiger partial charge in [0, 0.05) is 11.6 Å². The van der Waals surface area contributed by atoms with Crippen molar-refractivity contribution in [1.29, 1.82) is 0 Å². The van der Waals surface area contributed by atoms with Crippen LogP contribution in [0.15, 0.2) is 48.5 Å². The second-order valence-corrected chi connectivity index (χ2v) is 7.21. The number of aliphatic hydroxyl groups excluding tert-OH is 1. The maximum Gasteiger partial charge on any atom is 0.273 e. The highest BCUT2D eigenvalue weighted by Crippen LogP contribution is 2.45. The van der Waals surface area contributed by atoms with Gasteiger partial charge in [0.15, 0.2) is 0 Å². The number of benzene rings is 2. The van der Waals surface area contributed by atoms with E-state index < -0.39 is 29.1 Å². The molecule has 2 aliphatic rings. The summed E-state index contributed by atoms with van der Waals surface area (Å²) in [5.74, 6) is -1.25. The number of para-hydroxylation sites is 1. The van der Waals surface area contributed by atoms with Crippen LogP contribution in [0.4, 0.5) is 5.69 Å². The third-order valence-corrected chi connectivity index (χ3v) is 5.61. The summed E-state index contributed by atoms with van der Waals surface area (Å²) in [7, 11) is 0. The molecule has 4 atom stereocenters. The fraction of sp³-hybridized carbons (Fsp3) is 0.381. The molecule has 0 saturated carbocycles. The van der Waals surface area contributed by atoms with Gasteiger partial charge in [0.1, 0.15) is 12.3 Å². The molecule has 7 nitrogen and oxygen atoms in total. The first kappa shape index (κ1) is 18.6. The monoisotopic (exact) mass is 382 g/mol. The third kappa shape index (κ3) is 2.87. The Morgan fingerprint density at radius 2 is 1.79 bits per heavy atom. The van der Waals surface area contributed by atoms with Crippen LogP contribution in [0.3, 0.4) is 0 Å². The molecule has 1 fully saturated rings. The molecule has 0 spiro atoms. The van der Waals surface area contributed by atoms with Crippen LogP contribution in [0.5, 0.6) is 0 Å². The van der Waals surface area contributed by atoms with E-state index in [1.165, 1.54) is 6.07 Å². The molecule has 2 aliphatic heterocycles. The van der Waals surface area contributed by atoms with Gasteiger partial charge in [0.05, 0.1) is 23.5 Å². The number of nitro groups is 1. The van der Waals surface area contributed by atoms with Gasteiger partial charge in [0.25, 0.3) is 11.6 Å². The maximum absolute atomic E-state index is 13.3. The zero-order valence-electron chi connectivity index (χ0n) is 15.5. The lowest BCUT2D eigenvalue weighted by Gasteiger charge is -2.28. The number of nitrogens with zero attached hydrogens (tertiary/aromatic N) is 2. The van der Waals surface area contributed by atoms with Crippen molar-refractivity contribution in [3.8, 4) is 0 Å². The van der Waals surface area contributed by atoms with Crippen molar-refractivity contribution in [3.63, 3.8) is 0 Å². The van der Waals surface area contributed by atoms with E-state index in [1.807, 2.05) is 31.2 Å². The topological polar surface area (TPSA) is 92.9 Å². The van der Waals surface area contributed by atoms with Gasteiger partial charge in [-0.15, -0.1) is 0 Å². The number of rotatable bonds is 4. The second-order valence-electron chi connectivity index (χ2n) is 7.21. The first-order valence-corrected chi connectivity index (χ1v) is 9.48. The Bertz CT molecular complexity index is 915. The fourth-order valence-electron chi connectivity index (χ4n) is 4.39. The number of hydrogen-bond donors (Lipinski definition) is 1. The van der Waals surface area contributed by atoms with E-state index in [2.05, 4.69) is 0 Å². The van der Waals surface area contributed by atoms with Crippen LogP contribution in [0.2, 0.25) is 0 Å². The number of carbonyl (C=O) groups excluding carboxylic acids is 1. The van der Waals surface area contributed by atoms with Crippen LogP contribution < -0.4 is 0 Å². The Balaban J connectivity index is 1.90. The molecule has 1 saturated heterocycles. The zero-order chi connectivity index (χ0) is 19.8. The van der Waals surface area contributed by atoms with Crippen LogP contribution in [0.1, 0.15) is 48.4 Å². The maximum atomic E-state index is 13.3. The summed E-state index contributed by atoms with van der Waals surface area (Å²) < 4.78 is 5.86. The summed E-state index contributed by atoms with van der Waals surface area (Å²) >= 11 is 0. The van der Waals surface area contributed by atoms with E-state index in [4.69, 9.17) is 4.74 Å². The molecule has 2 aromatic rings. The van der Waals surface area contributed by atoms with Gasteiger partial charge in [0.2, 0.25) is 0 Å². The fourth-order valence-corrected chi connectivity index (χ4v) is 4.39. The average molecular weight is 382 g/mol. The Kier molecular flexibility index (Phi) is 4.87. The summed E-state index contributed by atoms with van der Waals surface area (Å²) in [4.78, 5) is 26.0. The zero-order valence-corrected chi connectivity index (χ0v) is 15.5. The summed E-state index contributed by atoms with van der Waals surface area (Å²) in [6.45, 7) is 2.36. The molecule has 146 valence electrons. The molecule has 0 unspecified atom stereocenters. The largest absolute Gasteiger partial charge is 0.382 e. The lowest BCUT2D eigenvalue weighted by Crippen LogP contribution is -2.44. The molecule has 4 rings (SSSR count). The van der Waals surface area contributed by atoms with Crippen molar-refractivity contribution in [3.05, 3.63) is 75.3 Å². The lowest BCUT2D eigenvalue weighted by molar-refractivity contribution is -0.385. The molecule has 1 amide bonds. The van der Waals surface area contributed by atoms with Crippen molar-refractivity contribution in [2.45, 2.75) is 44.1 Å². The standard InChI is InChI=1S/C21H22N2O5/c1-2-7-18-22-17(12-28-18)13-8-3-4-9-14(13)19(20(24)21(22)25)15-10-5-6-11-16(15)23(26)27/h3-6,8-11,17-20,24H,2,7,12H2,1H3/t17-,18+,19+,20+/m0/s1. The van der Waals surface area contributed by atoms with Gasteiger partial charge < -0.3 is 14.7 Å². The molecular weight excluding hydrogens is 360 g/mol. The molecular formula is C21H22N2O5. The molecule has 1 N–H and O–H groups in total. The number of hydrogen-bond acceptors (Lipinski definition) is 5. The Morgan fingerprint density at radius 3 is 2.46 bits per heavy atom. The Morgan fingerprint density at radius 1 is 1.14 bits per heavy atom. The highest BCUT2D eigenvalue weighted by atomic mass is 16.6. The van der Waals surface area contributed by atoms with E-state index in [-0.39, 0.29) is 11.7 Å². The van der Waals surface area contributed by atoms with Gasteiger partial charge >= 0.3 is 0 Å². The van der Waals surface area contributed by atoms with Gasteiger partial charge in [-0.05, 0) is 17.5 Å². The molecule has 2 aromatic carbocycles. The molecule has 0 radical (unpaired) electrons. The van der Waals surface area contributed by atoms with Crippen molar-refractivity contribution < 1.29 is 19.6 Å². The minimum atomic E-state index is -1.42. The number of carbonyl (C=O) groups is 1. The van der Waals surface area contributed by atoms with Gasteiger partial charge in [-0.1, -0.05) is 55.8 Å². The summed E-state index contributed by atoms with van der Waals surface area (Å²) in [5, 5.41) is 22.7. The number of amides is 1. The molecule has 7 heteroatoms. The van der Waals surface area contributed by atoms with Crippen molar-refractivity contribution in [2.75, 3.05) is 6.61 Å². The summed E-state index contributed by atoms with van der Waals surface area (Å²) in [6.07, 6.45) is -0.303. The number of fused-ring (bicyclic) bond motifs is 3. The lowest BCUT2D eigenvalue weighted by atomic mass is 9.83. The third-order valence-electron chi connectivity index (χ3n) is 5.61. The minimum Gasteiger partial charge on any atom is -0.382 e. The number of aliphatic hydroxyl groups is 1. The molecule has 0 bridgehead atoms. The van der Waals surface area contributed by atoms with Crippen LogP contribution >= 0.6 is 0 Å². The van der Waals surface area contributed by atoms with Crippen molar-refractivity contribution in [2.24, 2.45) is 0 Å². The van der Waals surface area contributed by atoms with E-state index in [9.17, 15) is 20.0 Å². The molecule has 0 aliphatic carbocycles. The van der Waals surface area contributed by atoms with Crippen LogP contribution in [-0.4, -0.2) is 39.8 Å². The quantitative estimate of drug-likeness (QED) is 0.648. The normalized spacial score (nSPS) is 26.5. The highest BCUT2D eigenvalue weighted by molar-refractivity contribution is 5.85.